The van der Waals surface area contributed by atoms with E-state index in [-0.39, 0.29) is 0 Å². The Kier molecular flexibility index (Phi) is 4.94. The van der Waals surface area contributed by atoms with Crippen molar-refractivity contribution in [2.75, 3.05) is 26.2 Å². The van der Waals surface area contributed by atoms with Gasteiger partial charge in [-0.2, -0.15) is 0 Å². The zero-order valence-corrected chi connectivity index (χ0v) is 10.4. The van der Waals surface area contributed by atoms with Gasteiger partial charge in [0.1, 0.15) is 0 Å². The van der Waals surface area contributed by atoms with Gasteiger partial charge < -0.3 is 0 Å². The Balaban J connectivity index is 2.30. The van der Waals surface area contributed by atoms with Gasteiger partial charge in [0.25, 0.3) is 0 Å². The number of nitrogens with zero attached hydrogens (tertiary/aromatic N) is 2. The van der Waals surface area contributed by atoms with Crippen molar-refractivity contribution in [3.05, 3.63) is 0 Å². The smallest absolute Gasteiger partial charge is 0.0631 e. The maximum absolute atomic E-state index is 4.25. The van der Waals surface area contributed by atoms with E-state index >= 15 is 0 Å². The normalized spacial score (nSPS) is 23.8. The van der Waals surface area contributed by atoms with Crippen LogP contribution in [0, 0.1) is 0 Å². The van der Waals surface area contributed by atoms with Crippen molar-refractivity contribution in [1.82, 2.24) is 9.80 Å². The molecule has 0 aliphatic carbocycles. The van der Waals surface area contributed by atoms with Crippen LogP contribution in [-0.4, -0.2) is 47.4 Å². The van der Waals surface area contributed by atoms with E-state index in [0.29, 0.717) is 11.4 Å². The largest absolute Gasteiger partial charge is 0.298 e. The third-order valence-electron chi connectivity index (χ3n) is 2.75. The fraction of sp³-hybridized carbons (Fsp3) is 1.00. The van der Waals surface area contributed by atoms with Crippen LogP contribution >= 0.6 is 22.5 Å². The van der Waals surface area contributed by atoms with Gasteiger partial charge in [-0.3, -0.25) is 9.80 Å². The summed E-state index contributed by atoms with van der Waals surface area (Å²) in [5, 5.41) is 0.553. The maximum atomic E-state index is 4.25. The van der Waals surface area contributed by atoms with Gasteiger partial charge in [-0.25, -0.2) is 0 Å². The van der Waals surface area contributed by atoms with Crippen molar-refractivity contribution < 1.29 is 0 Å². The van der Waals surface area contributed by atoms with Crippen LogP contribution in [0.25, 0.3) is 0 Å². The number of rotatable bonds is 3. The topological polar surface area (TPSA) is 6.48 Å². The summed E-state index contributed by atoms with van der Waals surface area (Å²) < 4.78 is 0. The van der Waals surface area contributed by atoms with Crippen LogP contribution in [0.15, 0.2) is 0 Å². The predicted octanol–water partition coefficient (Wildman–Crippen LogP) is 1.94. The minimum absolute atomic E-state index is 0.553. The molecule has 1 saturated heterocycles. The molecule has 0 spiro atoms. The quantitative estimate of drug-likeness (QED) is 0.574. The lowest BCUT2D eigenvalue weighted by atomic mass is 10.2. The molecule has 2 nitrogen and oxygen atoms in total. The minimum Gasteiger partial charge on any atom is -0.298 e. The second kappa shape index (κ2) is 5.49. The van der Waals surface area contributed by atoms with Crippen LogP contribution in [0.1, 0.15) is 20.8 Å². The molecule has 1 unspecified atom stereocenters. The third-order valence-corrected chi connectivity index (χ3v) is 4.26. The fourth-order valence-corrected chi connectivity index (χ4v) is 2.43. The van der Waals surface area contributed by atoms with Gasteiger partial charge in [-0.1, -0.05) is 10.8 Å². The van der Waals surface area contributed by atoms with E-state index in [1.165, 1.54) is 26.2 Å². The molecule has 78 valence electrons. The standard InChI is InChI=1S/C9H20N2S2/c1-8(2)10-4-6-11(7-5-10)9(3)13-12/h8-9,12H,4-7H2,1-3H3. The molecule has 13 heavy (non-hydrogen) atoms. The molecule has 0 amide bonds. The summed E-state index contributed by atoms with van der Waals surface area (Å²) in [6.45, 7) is 11.5. The van der Waals surface area contributed by atoms with Crippen LogP contribution in [-0.2, 0) is 0 Å². The molecule has 1 atom stereocenters. The van der Waals surface area contributed by atoms with Crippen molar-refractivity contribution in [1.29, 1.82) is 0 Å². The molecule has 0 radical (unpaired) electrons. The van der Waals surface area contributed by atoms with Crippen molar-refractivity contribution in [2.45, 2.75) is 32.2 Å². The summed E-state index contributed by atoms with van der Waals surface area (Å²) in [6, 6.07) is 0.695. The highest BCUT2D eigenvalue weighted by Crippen LogP contribution is 2.20. The Morgan fingerprint density at radius 2 is 1.46 bits per heavy atom. The molecule has 1 rings (SSSR count). The summed E-state index contributed by atoms with van der Waals surface area (Å²) in [4.78, 5) is 5.03. The molecule has 0 saturated carbocycles. The zero-order chi connectivity index (χ0) is 9.84. The van der Waals surface area contributed by atoms with E-state index in [4.69, 9.17) is 0 Å². The van der Waals surface area contributed by atoms with Gasteiger partial charge >= 0.3 is 0 Å². The zero-order valence-electron chi connectivity index (χ0n) is 8.73. The minimum atomic E-state index is 0.553. The van der Waals surface area contributed by atoms with Crippen molar-refractivity contribution in [3.63, 3.8) is 0 Å². The van der Waals surface area contributed by atoms with Crippen LogP contribution in [0.2, 0.25) is 0 Å². The van der Waals surface area contributed by atoms with E-state index < -0.39 is 0 Å². The van der Waals surface area contributed by atoms with E-state index in [0.717, 1.165) is 0 Å². The molecule has 0 aromatic carbocycles. The van der Waals surface area contributed by atoms with E-state index in [1.807, 2.05) is 0 Å². The third kappa shape index (κ3) is 3.35. The fourth-order valence-electron chi connectivity index (χ4n) is 1.68. The van der Waals surface area contributed by atoms with Crippen molar-refractivity contribution >= 4 is 22.5 Å². The lowest BCUT2D eigenvalue weighted by Crippen LogP contribution is -2.50. The maximum Gasteiger partial charge on any atom is 0.0631 e. The van der Waals surface area contributed by atoms with Gasteiger partial charge in [0.2, 0.25) is 0 Å². The Labute approximate surface area is 90.9 Å². The Hall–Kier alpha value is 0.620. The van der Waals surface area contributed by atoms with Gasteiger partial charge in [0, 0.05) is 32.2 Å². The van der Waals surface area contributed by atoms with Gasteiger partial charge in [-0.15, -0.1) is 11.7 Å². The Morgan fingerprint density at radius 3 is 1.85 bits per heavy atom. The molecule has 0 bridgehead atoms. The van der Waals surface area contributed by atoms with E-state index in [9.17, 15) is 0 Å². The van der Waals surface area contributed by atoms with Crippen LogP contribution in [0.4, 0.5) is 0 Å². The summed E-state index contributed by atoms with van der Waals surface area (Å²) in [6.07, 6.45) is 0. The van der Waals surface area contributed by atoms with Crippen molar-refractivity contribution in [2.24, 2.45) is 0 Å². The number of thiol groups is 1. The van der Waals surface area contributed by atoms with Gasteiger partial charge in [0.05, 0.1) is 5.37 Å². The van der Waals surface area contributed by atoms with Crippen molar-refractivity contribution in [3.8, 4) is 0 Å². The van der Waals surface area contributed by atoms with Crippen LogP contribution in [0.5, 0.6) is 0 Å². The SMILES string of the molecule is CC(C)N1CCN(C(C)SS)CC1. The van der Waals surface area contributed by atoms with Gasteiger partial charge in [0.15, 0.2) is 0 Å². The first kappa shape index (κ1) is 11.7. The van der Waals surface area contributed by atoms with Crippen LogP contribution < -0.4 is 0 Å². The molecule has 1 aliphatic heterocycles. The molecule has 4 heteroatoms. The van der Waals surface area contributed by atoms with E-state index in [2.05, 4.69) is 42.2 Å². The highest BCUT2D eigenvalue weighted by atomic mass is 33.1. The Morgan fingerprint density at radius 1 is 1.00 bits per heavy atom. The lowest BCUT2D eigenvalue weighted by molar-refractivity contribution is 0.105. The average Bonchev–Trinajstić information content (AvgIpc) is 2.17. The molecular weight excluding hydrogens is 200 g/mol. The first-order valence-corrected chi connectivity index (χ1v) is 6.86. The summed E-state index contributed by atoms with van der Waals surface area (Å²) >= 11 is 4.25. The summed E-state index contributed by atoms with van der Waals surface area (Å²) in [7, 11) is 1.64. The molecule has 1 fully saturated rings. The molecule has 1 heterocycles. The number of hydrogen-bond acceptors (Lipinski definition) is 4. The second-order valence-electron chi connectivity index (χ2n) is 3.87. The molecule has 1 aliphatic rings. The first-order chi connectivity index (χ1) is 6.15. The molecular formula is C9H20N2S2. The molecule has 0 aromatic heterocycles. The first-order valence-electron chi connectivity index (χ1n) is 4.93. The lowest BCUT2D eigenvalue weighted by Gasteiger charge is -2.38. The monoisotopic (exact) mass is 220 g/mol. The summed E-state index contributed by atoms with van der Waals surface area (Å²) in [5.74, 6) is 0. The highest BCUT2D eigenvalue weighted by Gasteiger charge is 2.21. The number of hydrogen-bond donors (Lipinski definition) is 1. The van der Waals surface area contributed by atoms with Gasteiger partial charge in [-0.05, 0) is 20.8 Å². The highest BCUT2D eigenvalue weighted by molar-refractivity contribution is 8.68. The molecule has 0 aromatic rings. The second-order valence-corrected chi connectivity index (χ2v) is 5.40. The average molecular weight is 220 g/mol. The van der Waals surface area contributed by atoms with E-state index in [1.54, 1.807) is 10.8 Å². The number of piperazine rings is 1. The molecule has 0 N–H and O–H groups in total. The Bertz CT molecular complexity index is 145. The predicted molar refractivity (Wildman–Crippen MR) is 64.3 cm³/mol. The summed E-state index contributed by atoms with van der Waals surface area (Å²) in [5.41, 5.74) is 0. The van der Waals surface area contributed by atoms with Crippen LogP contribution in [0.3, 0.4) is 0 Å².